The van der Waals surface area contributed by atoms with Crippen LogP contribution < -0.4 is 9.64 Å². The standard InChI is InChI=1S/C26H23N3O3/c1-15-13-20-17(4-6-22(28-20)29-10-2-11-29)25(19(15)14-23(30)31)18-3-5-21-24-16(8-12-32-21)7-9-27-26(18)24/h3-7,9,13H,2,8,10-12,14H2,1H3,(H,30,31). The first-order chi connectivity index (χ1) is 15.6. The third-order valence-electron chi connectivity index (χ3n) is 6.66. The number of benzene rings is 2. The molecule has 6 nitrogen and oxygen atoms in total. The number of hydrogen-bond donors (Lipinski definition) is 1. The van der Waals surface area contributed by atoms with Gasteiger partial charge in [-0.3, -0.25) is 9.78 Å². The Balaban J connectivity index is 1.67. The average molecular weight is 425 g/mol. The third-order valence-corrected chi connectivity index (χ3v) is 6.66. The fourth-order valence-corrected chi connectivity index (χ4v) is 4.95. The zero-order valence-corrected chi connectivity index (χ0v) is 17.9. The maximum absolute atomic E-state index is 11.8. The van der Waals surface area contributed by atoms with Crippen LogP contribution in [0.2, 0.25) is 0 Å². The maximum Gasteiger partial charge on any atom is 0.307 e. The molecule has 1 fully saturated rings. The van der Waals surface area contributed by atoms with Gasteiger partial charge in [0.2, 0.25) is 0 Å². The van der Waals surface area contributed by atoms with Gasteiger partial charge < -0.3 is 14.7 Å². The highest BCUT2D eigenvalue weighted by Gasteiger charge is 2.23. The molecule has 0 saturated carbocycles. The highest BCUT2D eigenvalue weighted by atomic mass is 16.5. The molecule has 32 heavy (non-hydrogen) atoms. The second-order valence-electron chi connectivity index (χ2n) is 8.60. The molecule has 0 bridgehead atoms. The van der Waals surface area contributed by atoms with Crippen molar-refractivity contribution in [3.05, 3.63) is 59.3 Å². The van der Waals surface area contributed by atoms with Crippen LogP contribution in [0, 0.1) is 6.92 Å². The molecule has 6 rings (SSSR count). The van der Waals surface area contributed by atoms with Crippen molar-refractivity contribution >= 4 is 33.6 Å². The molecule has 0 atom stereocenters. The van der Waals surface area contributed by atoms with Crippen LogP contribution in [0.3, 0.4) is 0 Å². The lowest BCUT2D eigenvalue weighted by atomic mass is 9.88. The van der Waals surface area contributed by atoms with Crippen molar-refractivity contribution in [2.45, 2.75) is 26.2 Å². The van der Waals surface area contributed by atoms with Crippen molar-refractivity contribution in [3.8, 4) is 16.9 Å². The van der Waals surface area contributed by atoms with Crippen molar-refractivity contribution in [1.82, 2.24) is 9.97 Å². The van der Waals surface area contributed by atoms with E-state index in [1.54, 1.807) is 0 Å². The number of pyridine rings is 2. The number of carbonyl (C=O) groups is 1. The molecular formula is C26H23N3O3. The van der Waals surface area contributed by atoms with E-state index in [0.717, 1.165) is 75.1 Å². The predicted octanol–water partition coefficient (Wildman–Crippen LogP) is 4.53. The van der Waals surface area contributed by atoms with E-state index in [9.17, 15) is 9.90 Å². The van der Waals surface area contributed by atoms with E-state index in [1.807, 2.05) is 43.5 Å². The first-order valence-electron chi connectivity index (χ1n) is 11.0. The number of nitrogens with zero attached hydrogens (tertiary/aromatic N) is 3. The van der Waals surface area contributed by atoms with E-state index in [-0.39, 0.29) is 6.42 Å². The first kappa shape index (κ1) is 19.0. The predicted molar refractivity (Wildman–Crippen MR) is 125 cm³/mol. The SMILES string of the molecule is Cc1cc2nc(N3CCC3)ccc2c(-c2ccc3c4c(ccnc24)CCO3)c1CC(=O)O. The van der Waals surface area contributed by atoms with E-state index in [4.69, 9.17) is 14.7 Å². The molecule has 6 heteroatoms. The van der Waals surface area contributed by atoms with Gasteiger partial charge in [0.25, 0.3) is 0 Å². The van der Waals surface area contributed by atoms with Gasteiger partial charge in [0, 0.05) is 42.0 Å². The molecule has 2 aliphatic rings. The largest absolute Gasteiger partial charge is 0.493 e. The molecule has 2 aromatic carbocycles. The fourth-order valence-electron chi connectivity index (χ4n) is 4.95. The lowest BCUT2D eigenvalue weighted by molar-refractivity contribution is -0.136. The van der Waals surface area contributed by atoms with E-state index in [2.05, 4.69) is 11.0 Å². The molecule has 0 aliphatic carbocycles. The summed E-state index contributed by atoms with van der Waals surface area (Å²) in [6.45, 7) is 4.69. The molecule has 2 aliphatic heterocycles. The molecule has 0 spiro atoms. The maximum atomic E-state index is 11.8. The monoisotopic (exact) mass is 425 g/mol. The highest BCUT2D eigenvalue weighted by molar-refractivity contribution is 6.08. The van der Waals surface area contributed by atoms with Gasteiger partial charge in [-0.1, -0.05) is 0 Å². The summed E-state index contributed by atoms with van der Waals surface area (Å²) in [6.07, 6.45) is 3.82. The number of carboxylic acid groups (broad SMARTS) is 1. The van der Waals surface area contributed by atoms with Crippen LogP contribution in [0.25, 0.3) is 32.9 Å². The third kappa shape index (κ3) is 2.90. The summed E-state index contributed by atoms with van der Waals surface area (Å²) in [6, 6.07) is 12.2. The Labute approximate surface area is 185 Å². The number of aromatic nitrogens is 2. The van der Waals surface area contributed by atoms with Gasteiger partial charge in [-0.2, -0.15) is 0 Å². The van der Waals surface area contributed by atoms with Gasteiger partial charge >= 0.3 is 5.97 Å². The normalized spacial score (nSPS) is 15.0. The van der Waals surface area contributed by atoms with Crippen molar-refractivity contribution in [3.63, 3.8) is 0 Å². The second kappa shape index (κ2) is 7.19. The van der Waals surface area contributed by atoms with Gasteiger partial charge in [0.05, 0.1) is 24.1 Å². The Bertz CT molecular complexity index is 1400. The molecule has 0 amide bonds. The Kier molecular flexibility index (Phi) is 4.28. The Morgan fingerprint density at radius 3 is 2.84 bits per heavy atom. The fraction of sp³-hybridized carbons (Fsp3) is 0.269. The van der Waals surface area contributed by atoms with Gasteiger partial charge in [-0.15, -0.1) is 0 Å². The van der Waals surface area contributed by atoms with Crippen molar-refractivity contribution in [2.75, 3.05) is 24.6 Å². The molecule has 4 aromatic rings. The van der Waals surface area contributed by atoms with E-state index >= 15 is 0 Å². The zero-order valence-electron chi connectivity index (χ0n) is 17.9. The molecule has 2 aromatic heterocycles. The minimum absolute atomic E-state index is 0.0512. The van der Waals surface area contributed by atoms with Crippen LogP contribution >= 0.6 is 0 Å². The first-order valence-corrected chi connectivity index (χ1v) is 11.0. The van der Waals surface area contributed by atoms with Crippen molar-refractivity contribution < 1.29 is 14.6 Å². The lowest BCUT2D eigenvalue weighted by Crippen LogP contribution is -2.37. The molecule has 4 heterocycles. The summed E-state index contributed by atoms with van der Waals surface area (Å²) in [5.41, 5.74) is 6.53. The minimum atomic E-state index is -0.849. The zero-order chi connectivity index (χ0) is 21.8. The van der Waals surface area contributed by atoms with Crippen molar-refractivity contribution in [1.29, 1.82) is 0 Å². The highest BCUT2D eigenvalue weighted by Crippen LogP contribution is 2.42. The van der Waals surface area contributed by atoms with Gasteiger partial charge in [-0.25, -0.2) is 4.98 Å². The number of fused-ring (bicyclic) bond motifs is 1. The average Bonchev–Trinajstić information content (AvgIpc) is 2.74. The molecule has 1 N–H and O–H groups in total. The molecule has 0 radical (unpaired) electrons. The van der Waals surface area contributed by atoms with Crippen LogP contribution in [0.4, 0.5) is 5.82 Å². The Morgan fingerprint density at radius 2 is 2.06 bits per heavy atom. The van der Waals surface area contributed by atoms with E-state index < -0.39 is 5.97 Å². The Morgan fingerprint density at radius 1 is 1.19 bits per heavy atom. The van der Waals surface area contributed by atoms with E-state index in [0.29, 0.717) is 6.61 Å². The second-order valence-corrected chi connectivity index (χ2v) is 8.60. The Hall–Kier alpha value is -3.67. The smallest absolute Gasteiger partial charge is 0.307 e. The summed E-state index contributed by atoms with van der Waals surface area (Å²) in [4.78, 5) is 23.7. The summed E-state index contributed by atoms with van der Waals surface area (Å²) >= 11 is 0. The van der Waals surface area contributed by atoms with Crippen LogP contribution in [-0.2, 0) is 17.6 Å². The number of aryl methyl sites for hydroxylation is 1. The van der Waals surface area contributed by atoms with E-state index in [1.165, 1.54) is 12.0 Å². The van der Waals surface area contributed by atoms with Crippen LogP contribution in [0.15, 0.2) is 42.6 Å². The molecular weight excluding hydrogens is 402 g/mol. The quantitative estimate of drug-likeness (QED) is 0.518. The van der Waals surface area contributed by atoms with Crippen LogP contribution in [0.5, 0.6) is 5.75 Å². The number of carboxylic acids is 1. The minimum Gasteiger partial charge on any atom is -0.493 e. The van der Waals surface area contributed by atoms with Gasteiger partial charge in [-0.05, 0) is 72.0 Å². The molecule has 160 valence electrons. The number of aliphatic carboxylic acids is 1. The summed E-state index contributed by atoms with van der Waals surface area (Å²) in [5, 5.41) is 11.7. The number of anilines is 1. The van der Waals surface area contributed by atoms with Gasteiger partial charge in [0.1, 0.15) is 11.6 Å². The lowest BCUT2D eigenvalue weighted by Gasteiger charge is -2.32. The number of hydrogen-bond acceptors (Lipinski definition) is 5. The summed E-state index contributed by atoms with van der Waals surface area (Å²) < 4.78 is 5.90. The topological polar surface area (TPSA) is 75.5 Å². The van der Waals surface area contributed by atoms with Gasteiger partial charge in [0.15, 0.2) is 0 Å². The number of rotatable bonds is 4. The van der Waals surface area contributed by atoms with Crippen molar-refractivity contribution in [2.24, 2.45) is 0 Å². The summed E-state index contributed by atoms with van der Waals surface area (Å²) in [5.74, 6) is 0.967. The van der Waals surface area contributed by atoms with Crippen LogP contribution in [-0.4, -0.2) is 40.7 Å². The molecule has 0 unspecified atom stereocenters. The summed E-state index contributed by atoms with van der Waals surface area (Å²) in [7, 11) is 0. The molecule has 1 saturated heterocycles. The number of ether oxygens (including phenoxy) is 1. The van der Waals surface area contributed by atoms with Crippen LogP contribution in [0.1, 0.15) is 23.1 Å².